The first-order valence-corrected chi connectivity index (χ1v) is 9.51. The molecule has 0 bridgehead atoms. The molecule has 0 spiro atoms. The van der Waals surface area contributed by atoms with Gasteiger partial charge in [0.15, 0.2) is 9.84 Å². The van der Waals surface area contributed by atoms with Crippen molar-refractivity contribution in [2.24, 2.45) is 0 Å². The fourth-order valence-electron chi connectivity index (χ4n) is 3.00. The van der Waals surface area contributed by atoms with Crippen LogP contribution in [0.1, 0.15) is 33.6 Å². The molecule has 2 rings (SSSR count). The molecule has 0 aromatic rings. The van der Waals surface area contributed by atoms with E-state index in [9.17, 15) is 8.42 Å². The van der Waals surface area contributed by atoms with E-state index < -0.39 is 9.84 Å². The zero-order valence-electron chi connectivity index (χ0n) is 12.8. The Kier molecular flexibility index (Phi) is 5.45. The molecular formula is C14H28N2O3S. The van der Waals surface area contributed by atoms with Crippen LogP contribution in [-0.2, 0) is 14.6 Å². The van der Waals surface area contributed by atoms with E-state index in [0.29, 0.717) is 24.4 Å². The summed E-state index contributed by atoms with van der Waals surface area (Å²) in [7, 11) is -2.82. The van der Waals surface area contributed by atoms with Gasteiger partial charge in [0, 0.05) is 31.7 Å². The Morgan fingerprint density at radius 2 is 2.00 bits per heavy atom. The monoisotopic (exact) mass is 304 g/mol. The number of hydrogen-bond acceptors (Lipinski definition) is 5. The predicted molar refractivity (Wildman–Crippen MR) is 80.7 cm³/mol. The lowest BCUT2D eigenvalue weighted by atomic mass is 10.1. The third-order valence-electron chi connectivity index (χ3n) is 4.20. The molecule has 2 aliphatic rings. The second-order valence-electron chi connectivity index (χ2n) is 6.48. The second kappa shape index (κ2) is 6.73. The minimum Gasteiger partial charge on any atom is -0.372 e. The van der Waals surface area contributed by atoms with Crippen molar-refractivity contribution in [1.29, 1.82) is 0 Å². The highest BCUT2D eigenvalue weighted by Gasteiger charge is 2.32. The highest BCUT2D eigenvalue weighted by molar-refractivity contribution is 7.91. The Morgan fingerprint density at radius 1 is 1.30 bits per heavy atom. The van der Waals surface area contributed by atoms with Crippen molar-refractivity contribution in [2.75, 3.05) is 31.1 Å². The van der Waals surface area contributed by atoms with Crippen molar-refractivity contribution in [2.45, 2.75) is 57.9 Å². The normalized spacial score (nSPS) is 34.7. The number of ether oxygens (including phenoxy) is 1. The van der Waals surface area contributed by atoms with E-state index in [1.165, 1.54) is 0 Å². The zero-order chi connectivity index (χ0) is 14.8. The second-order valence-corrected chi connectivity index (χ2v) is 8.71. The highest BCUT2D eigenvalue weighted by atomic mass is 32.2. The van der Waals surface area contributed by atoms with Crippen LogP contribution >= 0.6 is 0 Å². The van der Waals surface area contributed by atoms with Crippen LogP contribution in [0.5, 0.6) is 0 Å². The SMILES string of the molecule is CC(C)NCC1CCC(CN2CCS(=O)(=O)CC2C)O1. The maximum atomic E-state index is 11.6. The first-order valence-electron chi connectivity index (χ1n) is 7.69. The van der Waals surface area contributed by atoms with E-state index in [2.05, 4.69) is 24.1 Å². The van der Waals surface area contributed by atoms with Crippen LogP contribution in [0.3, 0.4) is 0 Å². The van der Waals surface area contributed by atoms with Crippen molar-refractivity contribution in [1.82, 2.24) is 10.2 Å². The summed E-state index contributed by atoms with van der Waals surface area (Å²) in [5, 5.41) is 3.41. The lowest BCUT2D eigenvalue weighted by Crippen LogP contribution is -2.49. The van der Waals surface area contributed by atoms with Crippen LogP contribution in [0.4, 0.5) is 0 Å². The Morgan fingerprint density at radius 3 is 2.65 bits per heavy atom. The number of nitrogens with one attached hydrogen (secondary N) is 1. The zero-order valence-corrected chi connectivity index (χ0v) is 13.7. The summed E-state index contributed by atoms with van der Waals surface area (Å²) >= 11 is 0. The fourth-order valence-corrected chi connectivity index (χ4v) is 4.62. The summed E-state index contributed by atoms with van der Waals surface area (Å²) in [6.45, 7) is 8.72. The molecule has 5 nitrogen and oxygen atoms in total. The molecular weight excluding hydrogens is 276 g/mol. The van der Waals surface area contributed by atoms with Gasteiger partial charge in [-0.25, -0.2) is 8.42 Å². The van der Waals surface area contributed by atoms with Gasteiger partial charge in [-0.15, -0.1) is 0 Å². The molecule has 2 fully saturated rings. The van der Waals surface area contributed by atoms with Crippen molar-refractivity contribution in [3.05, 3.63) is 0 Å². The van der Waals surface area contributed by atoms with Crippen LogP contribution in [0.2, 0.25) is 0 Å². The molecule has 0 aromatic heterocycles. The number of rotatable bonds is 5. The van der Waals surface area contributed by atoms with Crippen LogP contribution in [-0.4, -0.2) is 68.7 Å². The molecule has 118 valence electrons. The minimum absolute atomic E-state index is 0.116. The van der Waals surface area contributed by atoms with Crippen LogP contribution in [0.15, 0.2) is 0 Å². The minimum atomic E-state index is -2.82. The molecule has 2 saturated heterocycles. The quantitative estimate of drug-likeness (QED) is 0.808. The standard InChI is InChI=1S/C14H28N2O3S/c1-11(2)15-8-13-4-5-14(19-13)9-16-6-7-20(17,18)10-12(16)3/h11-15H,4-10H2,1-3H3. The van der Waals surface area contributed by atoms with E-state index in [-0.39, 0.29) is 17.9 Å². The van der Waals surface area contributed by atoms with Gasteiger partial charge in [0.05, 0.1) is 23.7 Å². The highest BCUT2D eigenvalue weighted by Crippen LogP contribution is 2.22. The van der Waals surface area contributed by atoms with Gasteiger partial charge in [-0.2, -0.15) is 0 Å². The Labute approximate surface area is 123 Å². The van der Waals surface area contributed by atoms with Gasteiger partial charge in [0.1, 0.15) is 0 Å². The van der Waals surface area contributed by atoms with E-state index >= 15 is 0 Å². The van der Waals surface area contributed by atoms with Gasteiger partial charge in [-0.3, -0.25) is 4.90 Å². The third kappa shape index (κ3) is 4.69. The van der Waals surface area contributed by atoms with Crippen LogP contribution in [0, 0.1) is 0 Å². The Balaban J connectivity index is 1.75. The average Bonchev–Trinajstić information content (AvgIpc) is 2.77. The van der Waals surface area contributed by atoms with Gasteiger partial charge >= 0.3 is 0 Å². The summed E-state index contributed by atoms with van der Waals surface area (Å²) in [6, 6.07) is 0.607. The topological polar surface area (TPSA) is 58.6 Å². The predicted octanol–water partition coefficient (Wildman–Crippen LogP) is 0.651. The van der Waals surface area contributed by atoms with E-state index in [1.807, 2.05) is 6.92 Å². The van der Waals surface area contributed by atoms with Crippen molar-refractivity contribution in [3.63, 3.8) is 0 Å². The molecule has 6 heteroatoms. The molecule has 20 heavy (non-hydrogen) atoms. The molecule has 0 amide bonds. The molecule has 0 aliphatic carbocycles. The van der Waals surface area contributed by atoms with Crippen LogP contribution < -0.4 is 5.32 Å². The van der Waals surface area contributed by atoms with Crippen LogP contribution in [0.25, 0.3) is 0 Å². The Hall–Kier alpha value is -0.170. The van der Waals surface area contributed by atoms with E-state index in [1.54, 1.807) is 0 Å². The van der Waals surface area contributed by atoms with Crippen molar-refractivity contribution < 1.29 is 13.2 Å². The van der Waals surface area contributed by atoms with Gasteiger partial charge in [-0.1, -0.05) is 13.8 Å². The summed E-state index contributed by atoms with van der Waals surface area (Å²) in [5.74, 6) is 0.584. The molecule has 1 N–H and O–H groups in total. The summed E-state index contributed by atoms with van der Waals surface area (Å²) in [4.78, 5) is 2.27. The van der Waals surface area contributed by atoms with Gasteiger partial charge in [0.2, 0.25) is 0 Å². The number of hydrogen-bond donors (Lipinski definition) is 1. The summed E-state index contributed by atoms with van der Waals surface area (Å²) < 4.78 is 29.2. The first kappa shape index (κ1) is 16.2. The summed E-state index contributed by atoms with van der Waals surface area (Å²) in [6.07, 6.45) is 2.76. The van der Waals surface area contributed by atoms with Gasteiger partial charge < -0.3 is 10.1 Å². The summed E-state index contributed by atoms with van der Waals surface area (Å²) in [5.41, 5.74) is 0. The van der Waals surface area contributed by atoms with Gasteiger partial charge in [0.25, 0.3) is 0 Å². The first-order chi connectivity index (χ1) is 9.35. The third-order valence-corrected chi connectivity index (χ3v) is 5.99. The lowest BCUT2D eigenvalue weighted by molar-refractivity contribution is 0.0173. The smallest absolute Gasteiger partial charge is 0.153 e. The molecule has 3 unspecified atom stereocenters. The molecule has 2 aliphatic heterocycles. The molecule has 0 saturated carbocycles. The molecule has 0 radical (unpaired) electrons. The lowest BCUT2D eigenvalue weighted by Gasteiger charge is -2.34. The number of sulfone groups is 1. The molecule has 2 heterocycles. The van der Waals surface area contributed by atoms with Crippen molar-refractivity contribution in [3.8, 4) is 0 Å². The van der Waals surface area contributed by atoms with Crippen molar-refractivity contribution >= 4 is 9.84 Å². The van der Waals surface area contributed by atoms with E-state index in [4.69, 9.17) is 4.74 Å². The maximum Gasteiger partial charge on any atom is 0.153 e. The largest absolute Gasteiger partial charge is 0.372 e. The Bertz CT molecular complexity index is 411. The molecule has 3 atom stereocenters. The molecule has 0 aromatic carbocycles. The van der Waals surface area contributed by atoms with Gasteiger partial charge in [-0.05, 0) is 19.8 Å². The fraction of sp³-hybridized carbons (Fsp3) is 1.00. The maximum absolute atomic E-state index is 11.6. The number of nitrogens with zero attached hydrogens (tertiary/aromatic N) is 1. The average molecular weight is 304 g/mol. The van der Waals surface area contributed by atoms with E-state index in [0.717, 1.165) is 25.9 Å².